The van der Waals surface area contributed by atoms with Crippen LogP contribution in [0.4, 0.5) is 0 Å². The first-order valence-corrected chi connectivity index (χ1v) is 9.95. The molecule has 3 aromatic carbocycles. The van der Waals surface area contributed by atoms with Gasteiger partial charge in [0.1, 0.15) is 0 Å². The van der Waals surface area contributed by atoms with E-state index >= 15 is 0 Å². The molecule has 0 fully saturated rings. The molecule has 0 aliphatic carbocycles. The third-order valence-corrected chi connectivity index (χ3v) is 5.40. The number of carbonyl (C=O) groups is 1. The molecule has 0 saturated carbocycles. The number of amides is 1. The van der Waals surface area contributed by atoms with Crippen LogP contribution in [0.3, 0.4) is 0 Å². The molecule has 136 valence electrons. The maximum absolute atomic E-state index is 13.6. The van der Waals surface area contributed by atoms with Gasteiger partial charge in [0.05, 0.1) is 11.6 Å². The van der Waals surface area contributed by atoms with Gasteiger partial charge in [-0.1, -0.05) is 84.9 Å². The molecule has 1 atom stereocenters. The molecule has 0 N–H and O–H groups in total. The van der Waals surface area contributed by atoms with Crippen molar-refractivity contribution in [1.82, 2.24) is 4.90 Å². The van der Waals surface area contributed by atoms with Crippen molar-refractivity contribution in [3.8, 4) is 0 Å². The molecule has 0 radical (unpaired) electrons. The van der Waals surface area contributed by atoms with Crippen molar-refractivity contribution in [2.24, 2.45) is 0 Å². The summed E-state index contributed by atoms with van der Waals surface area (Å²) < 4.78 is 0.951. The molecule has 0 bridgehead atoms. The van der Waals surface area contributed by atoms with Crippen LogP contribution in [0, 0.1) is 3.57 Å². The Bertz CT molecular complexity index is 921. The lowest BCUT2D eigenvalue weighted by Gasteiger charge is -2.33. The maximum atomic E-state index is 13.6. The predicted molar refractivity (Wildman–Crippen MR) is 119 cm³/mol. The molecule has 0 heterocycles. The van der Waals surface area contributed by atoms with E-state index in [1.807, 2.05) is 72.5 Å². The van der Waals surface area contributed by atoms with Gasteiger partial charge in [0.15, 0.2) is 0 Å². The molecule has 0 spiro atoms. The number of rotatable bonds is 6. The lowest BCUT2D eigenvalue weighted by Crippen LogP contribution is -2.35. The summed E-state index contributed by atoms with van der Waals surface area (Å²) in [7, 11) is 0. The van der Waals surface area contributed by atoms with Crippen LogP contribution < -0.4 is 0 Å². The summed E-state index contributed by atoms with van der Waals surface area (Å²) in [5.41, 5.74) is 3.83. The number of carbonyl (C=O) groups excluding carboxylic acids is 1. The third kappa shape index (κ3) is 4.66. The van der Waals surface area contributed by atoms with E-state index < -0.39 is 0 Å². The van der Waals surface area contributed by atoms with Crippen LogP contribution in [0.25, 0.3) is 0 Å². The smallest absolute Gasteiger partial charge is 0.256 e. The van der Waals surface area contributed by atoms with Crippen LogP contribution in [-0.4, -0.2) is 10.8 Å². The molecular formula is C24H22INO. The molecule has 2 nitrogen and oxygen atoms in total. The summed E-state index contributed by atoms with van der Waals surface area (Å²) in [4.78, 5) is 15.5. The van der Waals surface area contributed by atoms with Crippen LogP contribution in [0.2, 0.25) is 0 Å². The lowest BCUT2D eigenvalue weighted by molar-refractivity contribution is 0.0686. The highest BCUT2D eigenvalue weighted by Crippen LogP contribution is 2.31. The van der Waals surface area contributed by atoms with Gasteiger partial charge in [-0.25, -0.2) is 0 Å². The Labute approximate surface area is 174 Å². The monoisotopic (exact) mass is 467 g/mol. The summed E-state index contributed by atoms with van der Waals surface area (Å²) in [6, 6.07) is 27.7. The number of hydrogen-bond donors (Lipinski definition) is 0. The van der Waals surface area contributed by atoms with E-state index in [4.69, 9.17) is 0 Å². The summed E-state index contributed by atoms with van der Waals surface area (Å²) in [6.45, 7) is 6.71. The molecule has 0 unspecified atom stereocenters. The van der Waals surface area contributed by atoms with E-state index in [2.05, 4.69) is 53.4 Å². The number of benzene rings is 3. The fourth-order valence-corrected chi connectivity index (χ4v) is 3.83. The largest absolute Gasteiger partial charge is 0.324 e. The van der Waals surface area contributed by atoms with Crippen molar-refractivity contribution in [1.29, 1.82) is 0 Å². The van der Waals surface area contributed by atoms with Crippen LogP contribution in [0.15, 0.2) is 97.1 Å². The van der Waals surface area contributed by atoms with Gasteiger partial charge in [0.25, 0.3) is 5.91 Å². The quantitative estimate of drug-likeness (QED) is 0.310. The van der Waals surface area contributed by atoms with Crippen LogP contribution in [0.1, 0.15) is 34.5 Å². The van der Waals surface area contributed by atoms with Gasteiger partial charge in [-0.2, -0.15) is 0 Å². The number of halogens is 1. The zero-order valence-electron chi connectivity index (χ0n) is 15.3. The lowest BCUT2D eigenvalue weighted by atomic mass is 9.97. The first-order chi connectivity index (χ1) is 13.1. The molecule has 3 aromatic rings. The van der Waals surface area contributed by atoms with Crippen LogP contribution in [-0.2, 0) is 6.54 Å². The Hall–Kier alpha value is -2.40. The van der Waals surface area contributed by atoms with Crippen molar-refractivity contribution in [2.75, 3.05) is 0 Å². The van der Waals surface area contributed by atoms with Gasteiger partial charge in [0.2, 0.25) is 0 Å². The Morgan fingerprint density at radius 3 is 2.07 bits per heavy atom. The number of nitrogens with zero attached hydrogens (tertiary/aromatic N) is 1. The number of hydrogen-bond acceptors (Lipinski definition) is 1. The molecule has 0 aromatic heterocycles. The zero-order chi connectivity index (χ0) is 19.2. The van der Waals surface area contributed by atoms with E-state index in [1.165, 1.54) is 0 Å². The third-order valence-electron chi connectivity index (χ3n) is 4.45. The van der Waals surface area contributed by atoms with E-state index in [9.17, 15) is 4.79 Å². The topological polar surface area (TPSA) is 20.3 Å². The minimum absolute atomic E-state index is 0.0145. The summed E-state index contributed by atoms with van der Waals surface area (Å²) in [6.07, 6.45) is 0. The molecule has 0 saturated heterocycles. The summed E-state index contributed by atoms with van der Waals surface area (Å²) in [5, 5.41) is 0. The molecule has 27 heavy (non-hydrogen) atoms. The minimum atomic E-state index is -0.185. The van der Waals surface area contributed by atoms with Crippen LogP contribution >= 0.6 is 22.6 Å². The fraction of sp³-hybridized carbons (Fsp3) is 0.125. The molecule has 0 aliphatic rings. The van der Waals surface area contributed by atoms with Crippen molar-refractivity contribution in [2.45, 2.75) is 19.5 Å². The van der Waals surface area contributed by atoms with Gasteiger partial charge in [0, 0.05) is 10.1 Å². The highest BCUT2D eigenvalue weighted by atomic mass is 127. The first kappa shape index (κ1) is 19.4. The highest BCUT2D eigenvalue weighted by molar-refractivity contribution is 14.1. The average Bonchev–Trinajstić information content (AvgIpc) is 2.69. The normalized spacial score (nSPS) is 11.6. The Kier molecular flexibility index (Phi) is 6.45. The Morgan fingerprint density at radius 1 is 0.926 bits per heavy atom. The molecule has 3 rings (SSSR count). The fourth-order valence-electron chi connectivity index (χ4n) is 3.22. The van der Waals surface area contributed by atoms with Gasteiger partial charge in [-0.05, 0) is 52.8 Å². The second kappa shape index (κ2) is 9.00. The van der Waals surface area contributed by atoms with Crippen molar-refractivity contribution in [3.05, 3.63) is 117 Å². The minimum Gasteiger partial charge on any atom is -0.324 e. The standard InChI is InChI=1S/C24H22INO/c1-18(2)23(20-13-7-4-8-14-20)26(17-19-11-5-3-6-12-19)24(27)21-15-9-10-16-22(21)25/h3-16,23H,1,17H2,2H3/t23-/m0/s1. The van der Waals surface area contributed by atoms with E-state index in [1.54, 1.807) is 0 Å². The Balaban J connectivity index is 2.07. The van der Waals surface area contributed by atoms with E-state index in [0.717, 1.165) is 25.8 Å². The zero-order valence-corrected chi connectivity index (χ0v) is 17.5. The molecule has 0 aliphatic heterocycles. The SMILES string of the molecule is C=C(C)[C@@H](c1ccccc1)N(Cc1ccccc1)C(=O)c1ccccc1I. The van der Waals surface area contributed by atoms with Crippen LogP contribution in [0.5, 0.6) is 0 Å². The molecule has 3 heteroatoms. The second-order valence-electron chi connectivity index (χ2n) is 6.56. The van der Waals surface area contributed by atoms with Crippen molar-refractivity contribution in [3.63, 3.8) is 0 Å². The van der Waals surface area contributed by atoms with Gasteiger partial charge in [-0.15, -0.1) is 0 Å². The highest BCUT2D eigenvalue weighted by Gasteiger charge is 2.28. The molecular weight excluding hydrogens is 445 g/mol. The van der Waals surface area contributed by atoms with Gasteiger partial charge < -0.3 is 4.90 Å². The predicted octanol–water partition coefficient (Wildman–Crippen LogP) is 6.25. The maximum Gasteiger partial charge on any atom is 0.256 e. The van der Waals surface area contributed by atoms with E-state index in [-0.39, 0.29) is 11.9 Å². The van der Waals surface area contributed by atoms with Crippen molar-refractivity contribution < 1.29 is 4.79 Å². The van der Waals surface area contributed by atoms with E-state index in [0.29, 0.717) is 6.54 Å². The van der Waals surface area contributed by atoms with Gasteiger partial charge in [-0.3, -0.25) is 4.79 Å². The molecule has 1 amide bonds. The Morgan fingerprint density at radius 2 is 1.48 bits per heavy atom. The first-order valence-electron chi connectivity index (χ1n) is 8.87. The van der Waals surface area contributed by atoms with Gasteiger partial charge >= 0.3 is 0 Å². The van der Waals surface area contributed by atoms with Crippen molar-refractivity contribution >= 4 is 28.5 Å². The average molecular weight is 467 g/mol. The summed E-state index contributed by atoms with van der Waals surface area (Å²) in [5.74, 6) is 0.0145. The second-order valence-corrected chi connectivity index (χ2v) is 7.72. The summed E-state index contributed by atoms with van der Waals surface area (Å²) >= 11 is 2.23.